The molecule has 1 saturated heterocycles. The molecule has 21 heavy (non-hydrogen) atoms. The third-order valence-electron chi connectivity index (χ3n) is 3.49. The highest BCUT2D eigenvalue weighted by molar-refractivity contribution is 6.34. The van der Waals surface area contributed by atoms with Gasteiger partial charge in [0.25, 0.3) is 5.69 Å². The van der Waals surface area contributed by atoms with E-state index in [4.69, 9.17) is 11.6 Å². The lowest BCUT2D eigenvalue weighted by molar-refractivity contribution is -0.384. The van der Waals surface area contributed by atoms with Crippen LogP contribution in [0.5, 0.6) is 0 Å². The Morgan fingerprint density at radius 3 is 2.95 bits per heavy atom. The molecule has 0 unspecified atom stereocenters. The van der Waals surface area contributed by atoms with Gasteiger partial charge in [0.1, 0.15) is 0 Å². The van der Waals surface area contributed by atoms with Crippen molar-refractivity contribution >= 4 is 28.9 Å². The number of nitrogens with zero attached hydrogens (tertiary/aromatic N) is 2. The number of nitro groups is 1. The van der Waals surface area contributed by atoms with Crippen LogP contribution < -0.4 is 5.32 Å². The molecule has 0 aliphatic carbocycles. The van der Waals surface area contributed by atoms with Crippen LogP contribution in [0, 0.1) is 10.1 Å². The van der Waals surface area contributed by atoms with E-state index >= 15 is 0 Å². The van der Waals surface area contributed by atoms with Gasteiger partial charge in [-0.1, -0.05) is 11.6 Å². The van der Waals surface area contributed by atoms with Crippen LogP contribution in [-0.2, 0) is 4.79 Å². The largest absolute Gasteiger partial charge is 0.395 e. The number of aliphatic hydroxyl groups is 1. The van der Waals surface area contributed by atoms with E-state index in [9.17, 15) is 20.0 Å². The highest BCUT2D eigenvalue weighted by atomic mass is 35.5. The number of carbonyl (C=O) groups is 1. The third kappa shape index (κ3) is 3.90. The number of nitro benzene ring substituents is 1. The van der Waals surface area contributed by atoms with E-state index < -0.39 is 4.92 Å². The van der Waals surface area contributed by atoms with Gasteiger partial charge in [0.05, 0.1) is 28.8 Å². The number of aliphatic hydroxyl groups excluding tert-OH is 1. The molecule has 1 aromatic rings. The molecule has 0 aromatic heterocycles. The summed E-state index contributed by atoms with van der Waals surface area (Å²) in [7, 11) is 0. The Kier molecular flexibility index (Phi) is 5.11. The van der Waals surface area contributed by atoms with Crippen LogP contribution >= 0.6 is 11.6 Å². The van der Waals surface area contributed by atoms with Crippen molar-refractivity contribution in [1.82, 2.24) is 4.90 Å². The molecule has 1 fully saturated rings. The molecule has 1 aliphatic rings. The number of amides is 1. The van der Waals surface area contributed by atoms with Gasteiger partial charge in [-0.2, -0.15) is 0 Å². The van der Waals surface area contributed by atoms with Crippen LogP contribution in [0.25, 0.3) is 0 Å². The average Bonchev–Trinajstić information content (AvgIpc) is 2.87. The Morgan fingerprint density at radius 2 is 2.33 bits per heavy atom. The van der Waals surface area contributed by atoms with Gasteiger partial charge in [-0.25, -0.2) is 0 Å². The number of hydrogen-bond acceptors (Lipinski definition) is 5. The summed E-state index contributed by atoms with van der Waals surface area (Å²) in [5, 5.41) is 22.6. The lowest BCUT2D eigenvalue weighted by atomic mass is 10.2. The molecule has 0 radical (unpaired) electrons. The number of anilines is 1. The zero-order valence-electron chi connectivity index (χ0n) is 11.3. The summed E-state index contributed by atoms with van der Waals surface area (Å²) >= 11 is 5.92. The summed E-state index contributed by atoms with van der Waals surface area (Å²) in [5.74, 6) is -0.258. The summed E-state index contributed by atoms with van der Waals surface area (Å²) in [4.78, 5) is 24.0. The fourth-order valence-corrected chi connectivity index (χ4v) is 2.63. The van der Waals surface area contributed by atoms with Crippen LogP contribution in [0.15, 0.2) is 18.2 Å². The van der Waals surface area contributed by atoms with Crippen molar-refractivity contribution in [2.75, 3.05) is 25.0 Å². The first-order valence-corrected chi connectivity index (χ1v) is 6.97. The quantitative estimate of drug-likeness (QED) is 0.636. The van der Waals surface area contributed by atoms with E-state index in [1.54, 1.807) is 0 Å². The van der Waals surface area contributed by atoms with E-state index in [0.717, 1.165) is 19.4 Å². The van der Waals surface area contributed by atoms with Crippen molar-refractivity contribution in [2.45, 2.75) is 18.9 Å². The van der Waals surface area contributed by atoms with Crippen LogP contribution in [0.1, 0.15) is 12.8 Å². The second-order valence-corrected chi connectivity index (χ2v) is 5.33. The minimum atomic E-state index is -0.548. The van der Waals surface area contributed by atoms with Gasteiger partial charge in [-0.05, 0) is 25.5 Å². The Morgan fingerprint density at radius 1 is 1.57 bits per heavy atom. The maximum atomic E-state index is 12.0. The Bertz CT molecular complexity index is 552. The molecule has 0 saturated carbocycles. The SMILES string of the molecule is O=C(CN1CCC[C@@H]1CO)Nc1ccc([N+](=O)[O-])cc1Cl. The third-order valence-corrected chi connectivity index (χ3v) is 3.81. The first-order chi connectivity index (χ1) is 10.0. The second kappa shape index (κ2) is 6.84. The number of non-ortho nitro benzene ring substituents is 1. The van der Waals surface area contributed by atoms with Crippen molar-refractivity contribution in [3.63, 3.8) is 0 Å². The van der Waals surface area contributed by atoms with Gasteiger partial charge in [-0.15, -0.1) is 0 Å². The van der Waals surface area contributed by atoms with Crippen LogP contribution in [0.3, 0.4) is 0 Å². The van der Waals surface area contributed by atoms with Gasteiger partial charge in [-0.3, -0.25) is 19.8 Å². The van der Waals surface area contributed by atoms with Gasteiger partial charge in [0, 0.05) is 18.2 Å². The minimum Gasteiger partial charge on any atom is -0.395 e. The number of halogens is 1. The molecule has 0 bridgehead atoms. The Labute approximate surface area is 126 Å². The maximum absolute atomic E-state index is 12.0. The molecular formula is C13H16ClN3O4. The van der Waals surface area contributed by atoms with E-state index in [-0.39, 0.29) is 35.8 Å². The standard InChI is InChI=1S/C13H16ClN3O4/c14-11-6-9(17(20)21)3-4-12(11)15-13(19)7-16-5-1-2-10(16)8-18/h3-4,6,10,18H,1-2,5,7-8H2,(H,15,19)/t10-/m1/s1. The summed E-state index contributed by atoms with van der Waals surface area (Å²) in [6.07, 6.45) is 1.83. The molecule has 0 spiro atoms. The van der Waals surface area contributed by atoms with Crippen LogP contribution in [0.4, 0.5) is 11.4 Å². The number of nitrogens with one attached hydrogen (secondary N) is 1. The molecule has 1 atom stereocenters. The smallest absolute Gasteiger partial charge is 0.271 e. The summed E-state index contributed by atoms with van der Waals surface area (Å²) < 4.78 is 0. The summed E-state index contributed by atoms with van der Waals surface area (Å²) in [5.41, 5.74) is 0.213. The predicted molar refractivity (Wildman–Crippen MR) is 78.4 cm³/mol. The van der Waals surface area contributed by atoms with Gasteiger partial charge in [0.2, 0.25) is 5.91 Å². The number of carbonyl (C=O) groups excluding carboxylic acids is 1. The molecule has 2 rings (SSSR count). The molecule has 1 aromatic carbocycles. The molecule has 2 N–H and O–H groups in total. The Balaban J connectivity index is 1.98. The van der Waals surface area contributed by atoms with Crippen molar-refractivity contribution < 1.29 is 14.8 Å². The second-order valence-electron chi connectivity index (χ2n) is 4.92. The van der Waals surface area contributed by atoms with E-state index in [1.807, 2.05) is 4.90 Å². The van der Waals surface area contributed by atoms with Gasteiger partial charge >= 0.3 is 0 Å². The van der Waals surface area contributed by atoms with Crippen LogP contribution in [0.2, 0.25) is 5.02 Å². The molecule has 7 nitrogen and oxygen atoms in total. The van der Waals surface area contributed by atoms with Crippen molar-refractivity contribution in [3.8, 4) is 0 Å². The first kappa shape index (κ1) is 15.7. The molecule has 1 aliphatic heterocycles. The topological polar surface area (TPSA) is 95.7 Å². The number of rotatable bonds is 5. The average molecular weight is 314 g/mol. The zero-order chi connectivity index (χ0) is 15.4. The van der Waals surface area contributed by atoms with Gasteiger partial charge < -0.3 is 10.4 Å². The zero-order valence-corrected chi connectivity index (χ0v) is 12.0. The number of likely N-dealkylation sites (tertiary alicyclic amines) is 1. The van der Waals surface area contributed by atoms with Crippen molar-refractivity contribution in [3.05, 3.63) is 33.3 Å². The van der Waals surface area contributed by atoms with E-state index in [1.165, 1.54) is 18.2 Å². The highest BCUT2D eigenvalue weighted by Crippen LogP contribution is 2.26. The molecule has 1 heterocycles. The van der Waals surface area contributed by atoms with E-state index in [2.05, 4.69) is 5.32 Å². The number of benzene rings is 1. The number of hydrogen-bond donors (Lipinski definition) is 2. The predicted octanol–water partition coefficient (Wildman–Crippen LogP) is 1.64. The fourth-order valence-electron chi connectivity index (χ4n) is 2.40. The molecular weight excluding hydrogens is 298 g/mol. The van der Waals surface area contributed by atoms with Crippen molar-refractivity contribution in [2.24, 2.45) is 0 Å². The minimum absolute atomic E-state index is 0.0167. The maximum Gasteiger partial charge on any atom is 0.271 e. The van der Waals surface area contributed by atoms with E-state index in [0.29, 0.717) is 5.69 Å². The summed E-state index contributed by atoms with van der Waals surface area (Å²) in [6, 6.07) is 3.91. The fraction of sp³-hybridized carbons (Fsp3) is 0.462. The first-order valence-electron chi connectivity index (χ1n) is 6.60. The molecule has 8 heteroatoms. The highest BCUT2D eigenvalue weighted by Gasteiger charge is 2.25. The lowest BCUT2D eigenvalue weighted by Crippen LogP contribution is -2.38. The Hall–Kier alpha value is -1.70. The van der Waals surface area contributed by atoms with Crippen molar-refractivity contribution in [1.29, 1.82) is 0 Å². The molecule has 114 valence electrons. The monoisotopic (exact) mass is 313 g/mol. The molecule has 1 amide bonds. The van der Waals surface area contributed by atoms with Gasteiger partial charge in [0.15, 0.2) is 0 Å². The van der Waals surface area contributed by atoms with Crippen LogP contribution in [-0.4, -0.2) is 46.6 Å². The summed E-state index contributed by atoms with van der Waals surface area (Å²) in [6.45, 7) is 0.969. The normalized spacial score (nSPS) is 18.7. The lowest BCUT2D eigenvalue weighted by Gasteiger charge is -2.21.